The van der Waals surface area contributed by atoms with E-state index in [0.717, 1.165) is 48.7 Å². The van der Waals surface area contributed by atoms with Gasteiger partial charge in [-0.3, -0.25) is 4.98 Å². The predicted octanol–water partition coefficient (Wildman–Crippen LogP) is 3.76. The molecule has 0 radical (unpaired) electrons. The molecule has 3 aromatic rings. The van der Waals surface area contributed by atoms with Crippen molar-refractivity contribution in [2.75, 3.05) is 11.9 Å². The Hall–Kier alpha value is -2.30. The summed E-state index contributed by atoms with van der Waals surface area (Å²) in [6.07, 6.45) is 5.30. The number of nitrogens with one attached hydrogen (secondary N) is 2. The van der Waals surface area contributed by atoms with Crippen LogP contribution in [0.2, 0.25) is 0 Å². The van der Waals surface area contributed by atoms with Crippen LogP contribution >= 0.6 is 11.3 Å². The average Bonchev–Trinajstić information content (AvgIpc) is 3.34. The van der Waals surface area contributed by atoms with E-state index in [0.29, 0.717) is 17.4 Å². The van der Waals surface area contributed by atoms with Gasteiger partial charge in [0.05, 0.1) is 5.69 Å². The zero-order valence-electron chi connectivity index (χ0n) is 17.0. The van der Waals surface area contributed by atoms with Crippen molar-refractivity contribution in [3.05, 3.63) is 41.2 Å². The first-order chi connectivity index (χ1) is 14.4. The van der Waals surface area contributed by atoms with Crippen LogP contribution in [0.3, 0.4) is 0 Å². The molecule has 30 heavy (non-hydrogen) atoms. The Labute approximate surface area is 180 Å². The Kier molecular flexibility index (Phi) is 6.16. The lowest BCUT2D eigenvalue weighted by molar-refractivity contribution is 0.324. The van der Waals surface area contributed by atoms with E-state index in [1.165, 1.54) is 0 Å². The summed E-state index contributed by atoms with van der Waals surface area (Å²) in [7, 11) is -3.61. The standard InChI is InChI=1S/C20H25N5O3S2/c1-13-19(14(2)28-24-13)30(26,27)25-16-8-6-15(7-9-16)11-22-20-23-18(12-29-20)17-5-3-4-10-21-17/h3-5,10,12,15-16,25H,6-9,11H2,1-2H3,(H,22,23)/t15-,16-. The number of sulfonamides is 1. The molecule has 0 aromatic carbocycles. The number of hydrogen-bond acceptors (Lipinski definition) is 8. The largest absolute Gasteiger partial charge is 0.361 e. The van der Waals surface area contributed by atoms with E-state index in [-0.39, 0.29) is 10.9 Å². The Morgan fingerprint density at radius 3 is 2.63 bits per heavy atom. The summed E-state index contributed by atoms with van der Waals surface area (Å²) in [5, 5.41) is 10.1. The van der Waals surface area contributed by atoms with Gasteiger partial charge in [0.2, 0.25) is 10.0 Å². The molecule has 3 aromatic heterocycles. The molecule has 0 atom stereocenters. The van der Waals surface area contributed by atoms with Crippen LogP contribution < -0.4 is 10.0 Å². The van der Waals surface area contributed by atoms with Crippen molar-refractivity contribution in [1.29, 1.82) is 0 Å². The van der Waals surface area contributed by atoms with E-state index in [1.807, 2.05) is 23.6 Å². The SMILES string of the molecule is Cc1noc(C)c1S(=O)(=O)N[C@H]1CC[C@H](CNc2nc(-c3ccccn3)cs2)CC1. The lowest BCUT2D eigenvalue weighted by Gasteiger charge is -2.29. The van der Waals surface area contributed by atoms with Gasteiger partial charge in [0.1, 0.15) is 16.3 Å². The van der Waals surface area contributed by atoms with Crippen LogP contribution in [0.25, 0.3) is 11.4 Å². The molecule has 2 N–H and O–H groups in total. The predicted molar refractivity (Wildman–Crippen MR) is 116 cm³/mol. The minimum Gasteiger partial charge on any atom is -0.361 e. The highest BCUT2D eigenvalue weighted by Gasteiger charge is 2.29. The Morgan fingerprint density at radius 1 is 1.17 bits per heavy atom. The first kappa shape index (κ1) is 21.0. The minimum absolute atomic E-state index is 0.0597. The fourth-order valence-corrected chi connectivity index (χ4v) is 6.19. The van der Waals surface area contributed by atoms with E-state index < -0.39 is 10.0 Å². The zero-order chi connectivity index (χ0) is 21.1. The van der Waals surface area contributed by atoms with Gasteiger partial charge in [0, 0.05) is 24.2 Å². The van der Waals surface area contributed by atoms with Crippen LogP contribution in [-0.4, -0.2) is 36.1 Å². The van der Waals surface area contributed by atoms with Gasteiger partial charge in [0.25, 0.3) is 0 Å². The van der Waals surface area contributed by atoms with Crippen molar-refractivity contribution in [3.8, 4) is 11.4 Å². The number of rotatable bonds is 7. The summed E-state index contributed by atoms with van der Waals surface area (Å²) >= 11 is 1.57. The van der Waals surface area contributed by atoms with Crippen LogP contribution in [0.5, 0.6) is 0 Å². The number of aryl methyl sites for hydroxylation is 2. The molecule has 0 bridgehead atoms. The number of pyridine rings is 1. The van der Waals surface area contributed by atoms with Crippen molar-refractivity contribution in [1.82, 2.24) is 19.8 Å². The highest BCUT2D eigenvalue weighted by atomic mass is 32.2. The molecule has 1 fully saturated rings. The Morgan fingerprint density at radius 2 is 1.97 bits per heavy atom. The average molecular weight is 448 g/mol. The molecular weight excluding hydrogens is 422 g/mol. The van der Waals surface area contributed by atoms with Gasteiger partial charge in [0.15, 0.2) is 10.9 Å². The quantitative estimate of drug-likeness (QED) is 0.567. The lowest BCUT2D eigenvalue weighted by Crippen LogP contribution is -2.38. The van der Waals surface area contributed by atoms with Gasteiger partial charge in [-0.15, -0.1) is 11.3 Å². The fraction of sp³-hybridized carbons (Fsp3) is 0.450. The van der Waals surface area contributed by atoms with Crippen LogP contribution in [0, 0.1) is 19.8 Å². The third-order valence-electron chi connectivity index (χ3n) is 5.38. The number of anilines is 1. The maximum Gasteiger partial charge on any atom is 0.246 e. The van der Waals surface area contributed by atoms with Crippen LogP contribution in [0.4, 0.5) is 5.13 Å². The molecule has 0 spiro atoms. The molecule has 10 heteroatoms. The monoisotopic (exact) mass is 447 g/mol. The van der Waals surface area contributed by atoms with Crippen molar-refractivity contribution < 1.29 is 12.9 Å². The van der Waals surface area contributed by atoms with Gasteiger partial charge in [-0.05, 0) is 57.6 Å². The molecule has 0 aliphatic heterocycles. The first-order valence-corrected chi connectivity index (χ1v) is 12.3. The fourth-order valence-electron chi connectivity index (χ4n) is 3.84. The molecule has 0 amide bonds. The molecule has 8 nitrogen and oxygen atoms in total. The van der Waals surface area contributed by atoms with Crippen LogP contribution in [0.1, 0.15) is 37.1 Å². The summed E-state index contributed by atoms with van der Waals surface area (Å²) in [4.78, 5) is 9.11. The normalized spacial score (nSPS) is 19.7. The number of thiazole rings is 1. The van der Waals surface area contributed by atoms with Gasteiger partial charge in [-0.2, -0.15) is 0 Å². The van der Waals surface area contributed by atoms with Crippen molar-refractivity contribution in [2.24, 2.45) is 5.92 Å². The third kappa shape index (κ3) is 4.71. The van der Waals surface area contributed by atoms with Gasteiger partial charge < -0.3 is 9.84 Å². The van der Waals surface area contributed by atoms with E-state index in [2.05, 4.69) is 25.2 Å². The zero-order valence-corrected chi connectivity index (χ0v) is 18.6. The first-order valence-electron chi connectivity index (χ1n) is 9.98. The van der Waals surface area contributed by atoms with E-state index >= 15 is 0 Å². The van der Waals surface area contributed by atoms with Gasteiger partial charge in [-0.25, -0.2) is 18.1 Å². The highest BCUT2D eigenvalue weighted by molar-refractivity contribution is 7.89. The highest BCUT2D eigenvalue weighted by Crippen LogP contribution is 2.28. The van der Waals surface area contributed by atoms with E-state index in [4.69, 9.17) is 4.52 Å². The molecule has 0 saturated heterocycles. The molecular formula is C20H25N5O3S2. The van der Waals surface area contributed by atoms with Crippen molar-refractivity contribution >= 4 is 26.5 Å². The summed E-state index contributed by atoms with van der Waals surface area (Å²) in [5.74, 6) is 0.818. The Balaban J connectivity index is 1.27. The lowest BCUT2D eigenvalue weighted by atomic mass is 9.86. The van der Waals surface area contributed by atoms with Crippen LogP contribution in [-0.2, 0) is 10.0 Å². The molecule has 4 rings (SSSR count). The summed E-state index contributed by atoms with van der Waals surface area (Å²) in [6.45, 7) is 4.10. The second-order valence-electron chi connectivity index (χ2n) is 7.63. The summed E-state index contributed by atoms with van der Waals surface area (Å²) in [6, 6.07) is 5.73. The third-order valence-corrected chi connectivity index (χ3v) is 7.94. The second-order valence-corrected chi connectivity index (χ2v) is 10.1. The Bertz CT molecular complexity index is 1070. The molecule has 3 heterocycles. The minimum atomic E-state index is -3.61. The number of nitrogens with zero attached hydrogens (tertiary/aromatic N) is 3. The maximum atomic E-state index is 12.7. The van der Waals surface area contributed by atoms with Crippen LogP contribution in [0.15, 0.2) is 39.2 Å². The topological polar surface area (TPSA) is 110 Å². The molecule has 1 aliphatic carbocycles. The summed E-state index contributed by atoms with van der Waals surface area (Å²) < 4.78 is 33.2. The smallest absolute Gasteiger partial charge is 0.246 e. The summed E-state index contributed by atoms with van der Waals surface area (Å²) in [5.41, 5.74) is 2.14. The van der Waals surface area contributed by atoms with Gasteiger partial charge in [-0.1, -0.05) is 11.2 Å². The van der Waals surface area contributed by atoms with E-state index in [9.17, 15) is 8.42 Å². The maximum absolute atomic E-state index is 12.7. The molecule has 1 aliphatic rings. The van der Waals surface area contributed by atoms with Gasteiger partial charge >= 0.3 is 0 Å². The molecule has 160 valence electrons. The molecule has 0 unspecified atom stereocenters. The second kappa shape index (κ2) is 8.83. The van der Waals surface area contributed by atoms with Crippen molar-refractivity contribution in [3.63, 3.8) is 0 Å². The molecule has 1 saturated carbocycles. The number of hydrogen-bond donors (Lipinski definition) is 2. The van der Waals surface area contributed by atoms with Crippen molar-refractivity contribution in [2.45, 2.75) is 50.5 Å². The van der Waals surface area contributed by atoms with E-state index in [1.54, 1.807) is 31.4 Å². The number of aromatic nitrogens is 3.